The lowest BCUT2D eigenvalue weighted by Gasteiger charge is -2.13. The quantitative estimate of drug-likeness (QED) is 0.667. The summed E-state index contributed by atoms with van der Waals surface area (Å²) in [5.74, 6) is 0.735. The third-order valence-electron chi connectivity index (χ3n) is 3.69. The SMILES string of the molecule is Cc1ccc(C)c(C(C#N)CCCOc2ccc(Cl)cc2)c1. The van der Waals surface area contributed by atoms with Gasteiger partial charge in [-0.15, -0.1) is 0 Å². The van der Waals surface area contributed by atoms with Gasteiger partial charge in [0.15, 0.2) is 0 Å². The van der Waals surface area contributed by atoms with Gasteiger partial charge in [0.2, 0.25) is 0 Å². The molecule has 2 rings (SSSR count). The van der Waals surface area contributed by atoms with Gasteiger partial charge in [-0.1, -0.05) is 35.4 Å². The molecule has 0 radical (unpaired) electrons. The average Bonchev–Trinajstić information content (AvgIpc) is 2.52. The van der Waals surface area contributed by atoms with Gasteiger partial charge < -0.3 is 4.74 Å². The summed E-state index contributed by atoms with van der Waals surface area (Å²) in [4.78, 5) is 0. The van der Waals surface area contributed by atoms with Crippen LogP contribution in [0.3, 0.4) is 0 Å². The molecule has 0 N–H and O–H groups in total. The van der Waals surface area contributed by atoms with Crippen LogP contribution in [0.5, 0.6) is 5.75 Å². The van der Waals surface area contributed by atoms with Crippen LogP contribution in [0, 0.1) is 25.2 Å². The molecule has 114 valence electrons. The average molecular weight is 314 g/mol. The zero-order chi connectivity index (χ0) is 15.9. The Morgan fingerprint density at radius 1 is 1.14 bits per heavy atom. The van der Waals surface area contributed by atoms with Crippen LogP contribution in [-0.4, -0.2) is 6.61 Å². The van der Waals surface area contributed by atoms with Crippen molar-refractivity contribution in [1.29, 1.82) is 5.26 Å². The van der Waals surface area contributed by atoms with E-state index in [9.17, 15) is 5.26 Å². The zero-order valence-electron chi connectivity index (χ0n) is 13.0. The van der Waals surface area contributed by atoms with Crippen LogP contribution >= 0.6 is 11.6 Å². The maximum atomic E-state index is 9.44. The van der Waals surface area contributed by atoms with Crippen molar-refractivity contribution in [3.05, 3.63) is 64.2 Å². The second-order valence-electron chi connectivity index (χ2n) is 5.49. The maximum absolute atomic E-state index is 9.44. The molecule has 0 aromatic heterocycles. The van der Waals surface area contributed by atoms with Crippen molar-refractivity contribution >= 4 is 11.6 Å². The highest BCUT2D eigenvalue weighted by Gasteiger charge is 2.13. The Balaban J connectivity index is 1.88. The van der Waals surface area contributed by atoms with Crippen LogP contribution in [0.1, 0.15) is 35.4 Å². The largest absolute Gasteiger partial charge is 0.494 e. The lowest BCUT2D eigenvalue weighted by Crippen LogP contribution is -2.03. The molecule has 0 aliphatic rings. The number of nitriles is 1. The van der Waals surface area contributed by atoms with Crippen LogP contribution in [0.15, 0.2) is 42.5 Å². The summed E-state index contributed by atoms with van der Waals surface area (Å²) in [6, 6.07) is 16.0. The molecule has 3 heteroatoms. The van der Waals surface area contributed by atoms with Gasteiger partial charge in [-0.05, 0) is 62.1 Å². The fraction of sp³-hybridized carbons (Fsp3) is 0.316. The molecule has 2 nitrogen and oxygen atoms in total. The molecule has 0 spiro atoms. The molecule has 2 aromatic rings. The van der Waals surface area contributed by atoms with E-state index in [2.05, 4.69) is 38.1 Å². The molecule has 0 saturated carbocycles. The third kappa shape index (κ3) is 4.51. The monoisotopic (exact) mass is 313 g/mol. The lowest BCUT2D eigenvalue weighted by molar-refractivity contribution is 0.305. The van der Waals surface area contributed by atoms with E-state index in [0.717, 1.165) is 24.2 Å². The van der Waals surface area contributed by atoms with E-state index in [1.54, 1.807) is 0 Å². The summed E-state index contributed by atoms with van der Waals surface area (Å²) in [6.45, 7) is 4.72. The number of nitrogens with zero attached hydrogens (tertiary/aromatic N) is 1. The van der Waals surface area contributed by atoms with E-state index in [1.165, 1.54) is 11.1 Å². The lowest BCUT2D eigenvalue weighted by atomic mass is 9.91. The van der Waals surface area contributed by atoms with Crippen LogP contribution in [0.25, 0.3) is 0 Å². The van der Waals surface area contributed by atoms with Gasteiger partial charge in [0.25, 0.3) is 0 Å². The molecular formula is C19H20ClNO. The molecule has 1 atom stereocenters. The minimum Gasteiger partial charge on any atom is -0.494 e. The molecular weight excluding hydrogens is 294 g/mol. The first-order chi connectivity index (χ1) is 10.6. The molecule has 1 unspecified atom stereocenters. The standard InChI is InChI=1S/C19H20ClNO/c1-14-5-6-15(2)19(12-14)16(13-21)4-3-11-22-18-9-7-17(20)8-10-18/h5-10,12,16H,3-4,11H2,1-2H3. The van der Waals surface area contributed by atoms with Crippen molar-refractivity contribution in [3.8, 4) is 11.8 Å². The van der Waals surface area contributed by atoms with Crippen molar-refractivity contribution in [3.63, 3.8) is 0 Å². The minimum absolute atomic E-state index is 0.0753. The molecule has 22 heavy (non-hydrogen) atoms. The molecule has 0 amide bonds. The van der Waals surface area contributed by atoms with Crippen LogP contribution in [0.2, 0.25) is 5.02 Å². The number of benzene rings is 2. The Labute approximate surface area is 137 Å². The van der Waals surface area contributed by atoms with Gasteiger partial charge in [0, 0.05) is 5.02 Å². The molecule has 0 saturated heterocycles. The highest BCUT2D eigenvalue weighted by atomic mass is 35.5. The van der Waals surface area contributed by atoms with Crippen LogP contribution in [0.4, 0.5) is 0 Å². The molecule has 0 bridgehead atoms. The van der Waals surface area contributed by atoms with Crippen molar-refractivity contribution in [1.82, 2.24) is 0 Å². The Kier molecular flexibility index (Phi) is 5.86. The van der Waals surface area contributed by atoms with Crippen LogP contribution < -0.4 is 4.74 Å². The van der Waals surface area contributed by atoms with Crippen molar-refractivity contribution < 1.29 is 4.74 Å². The summed E-state index contributed by atoms with van der Waals surface area (Å²) >= 11 is 5.84. The molecule has 0 aliphatic heterocycles. The van der Waals surface area contributed by atoms with E-state index in [4.69, 9.17) is 16.3 Å². The summed E-state index contributed by atoms with van der Waals surface area (Å²) in [5.41, 5.74) is 3.50. The summed E-state index contributed by atoms with van der Waals surface area (Å²) in [5, 5.41) is 10.1. The maximum Gasteiger partial charge on any atom is 0.119 e. The van der Waals surface area contributed by atoms with Crippen molar-refractivity contribution in [2.45, 2.75) is 32.6 Å². The first kappa shape index (κ1) is 16.4. The van der Waals surface area contributed by atoms with E-state index in [1.807, 2.05) is 24.3 Å². The Morgan fingerprint density at radius 2 is 1.86 bits per heavy atom. The predicted octanol–water partition coefficient (Wildman–Crippen LogP) is 5.42. The highest BCUT2D eigenvalue weighted by molar-refractivity contribution is 6.30. The zero-order valence-corrected chi connectivity index (χ0v) is 13.7. The van der Waals surface area contributed by atoms with Gasteiger partial charge in [-0.2, -0.15) is 5.26 Å². The highest BCUT2D eigenvalue weighted by Crippen LogP contribution is 2.25. The summed E-state index contributed by atoms with van der Waals surface area (Å²) in [6.07, 6.45) is 1.64. The number of ether oxygens (including phenoxy) is 1. The van der Waals surface area contributed by atoms with Gasteiger partial charge in [-0.3, -0.25) is 0 Å². The van der Waals surface area contributed by atoms with Crippen molar-refractivity contribution in [2.24, 2.45) is 0 Å². The molecule has 0 heterocycles. The second kappa shape index (κ2) is 7.87. The fourth-order valence-corrected chi connectivity index (χ4v) is 2.56. The van der Waals surface area contributed by atoms with E-state index in [-0.39, 0.29) is 5.92 Å². The molecule has 2 aromatic carbocycles. The number of hydrogen-bond acceptors (Lipinski definition) is 2. The van der Waals surface area contributed by atoms with E-state index < -0.39 is 0 Å². The molecule has 0 aliphatic carbocycles. The first-order valence-electron chi connectivity index (χ1n) is 7.45. The van der Waals surface area contributed by atoms with Gasteiger partial charge in [0.1, 0.15) is 5.75 Å². The number of hydrogen-bond donors (Lipinski definition) is 0. The minimum atomic E-state index is -0.0753. The molecule has 0 fully saturated rings. The van der Waals surface area contributed by atoms with Crippen LogP contribution in [-0.2, 0) is 0 Å². The Morgan fingerprint density at radius 3 is 2.55 bits per heavy atom. The van der Waals surface area contributed by atoms with Gasteiger partial charge in [0.05, 0.1) is 18.6 Å². The van der Waals surface area contributed by atoms with Gasteiger partial charge >= 0.3 is 0 Å². The smallest absolute Gasteiger partial charge is 0.119 e. The first-order valence-corrected chi connectivity index (χ1v) is 7.83. The Bertz CT molecular complexity index is 658. The predicted molar refractivity (Wildman–Crippen MR) is 90.5 cm³/mol. The second-order valence-corrected chi connectivity index (χ2v) is 5.92. The van der Waals surface area contributed by atoms with E-state index in [0.29, 0.717) is 11.6 Å². The topological polar surface area (TPSA) is 33.0 Å². The fourth-order valence-electron chi connectivity index (χ4n) is 2.43. The summed E-state index contributed by atoms with van der Waals surface area (Å²) < 4.78 is 5.68. The number of halogens is 1. The van der Waals surface area contributed by atoms with Gasteiger partial charge in [-0.25, -0.2) is 0 Å². The van der Waals surface area contributed by atoms with E-state index >= 15 is 0 Å². The summed E-state index contributed by atoms with van der Waals surface area (Å²) in [7, 11) is 0. The third-order valence-corrected chi connectivity index (χ3v) is 3.94. The van der Waals surface area contributed by atoms with Crippen molar-refractivity contribution in [2.75, 3.05) is 6.61 Å². The number of aryl methyl sites for hydroxylation is 2. The Hall–Kier alpha value is -1.98. The number of rotatable bonds is 6. The normalized spacial score (nSPS) is 11.7.